The normalized spacial score (nSPS) is 12.0. The summed E-state index contributed by atoms with van der Waals surface area (Å²) in [4.78, 5) is 2.26. The lowest BCUT2D eigenvalue weighted by Crippen LogP contribution is -2.24. The molecule has 1 aromatic heterocycles. The van der Waals surface area contributed by atoms with Gasteiger partial charge in [-0.1, -0.05) is 31.5 Å². The van der Waals surface area contributed by atoms with Crippen LogP contribution in [0.4, 0.5) is 5.69 Å². The fraction of sp³-hybridized carbons (Fsp3) is 0.529. The summed E-state index contributed by atoms with van der Waals surface area (Å²) in [7, 11) is -3.33. The van der Waals surface area contributed by atoms with Crippen LogP contribution in [0.3, 0.4) is 0 Å². The van der Waals surface area contributed by atoms with Gasteiger partial charge in [-0.3, -0.25) is 0 Å². The molecule has 0 bridgehead atoms. The molecular weight excluding hydrogens is 296 g/mol. The maximum atomic E-state index is 12.4. The van der Waals surface area contributed by atoms with E-state index in [1.54, 1.807) is 3.97 Å². The Morgan fingerprint density at radius 3 is 2.27 bits per heavy atom. The van der Waals surface area contributed by atoms with E-state index in [4.69, 9.17) is 0 Å². The fourth-order valence-corrected chi connectivity index (χ4v) is 4.18. The summed E-state index contributed by atoms with van der Waals surface area (Å²) < 4.78 is 26.3. The Bertz CT molecular complexity index is 743. The van der Waals surface area contributed by atoms with Gasteiger partial charge in [0.1, 0.15) is 0 Å². The van der Waals surface area contributed by atoms with E-state index in [9.17, 15) is 8.42 Å². The van der Waals surface area contributed by atoms with Crippen LogP contribution in [0.15, 0.2) is 24.3 Å². The molecule has 0 saturated heterocycles. The van der Waals surface area contributed by atoms with Gasteiger partial charge >= 0.3 is 0 Å². The van der Waals surface area contributed by atoms with E-state index in [0.29, 0.717) is 0 Å². The molecule has 0 amide bonds. The number of benzene rings is 1. The second-order valence-electron chi connectivity index (χ2n) is 5.62. The maximum Gasteiger partial charge on any atom is 0.236 e. The van der Waals surface area contributed by atoms with Crippen molar-refractivity contribution in [3.63, 3.8) is 0 Å². The Morgan fingerprint density at radius 1 is 1.09 bits per heavy atom. The molecule has 5 heteroatoms. The molecule has 0 fully saturated rings. The van der Waals surface area contributed by atoms with Gasteiger partial charge in [0.25, 0.3) is 0 Å². The van der Waals surface area contributed by atoms with Gasteiger partial charge in [0.05, 0.1) is 23.2 Å². The van der Waals surface area contributed by atoms with E-state index >= 15 is 0 Å². The van der Waals surface area contributed by atoms with Crippen LogP contribution in [0, 0.1) is 0 Å². The topological polar surface area (TPSA) is 42.3 Å². The minimum absolute atomic E-state index is 0.782. The van der Waals surface area contributed by atoms with Crippen molar-refractivity contribution in [1.29, 1.82) is 0 Å². The first kappa shape index (κ1) is 16.9. The maximum absolute atomic E-state index is 12.4. The minimum Gasteiger partial charge on any atom is -0.370 e. The molecular formula is C17H26N2O2S. The molecule has 0 spiro atoms. The van der Waals surface area contributed by atoms with E-state index in [2.05, 4.69) is 25.7 Å². The van der Waals surface area contributed by atoms with E-state index < -0.39 is 10.0 Å². The molecule has 4 nitrogen and oxygen atoms in total. The Hall–Kier alpha value is -1.49. The monoisotopic (exact) mass is 322 g/mol. The molecule has 1 heterocycles. The lowest BCUT2D eigenvalue weighted by molar-refractivity contribution is 0.592. The number of hydrogen-bond donors (Lipinski definition) is 0. The molecule has 2 rings (SSSR count). The van der Waals surface area contributed by atoms with Gasteiger partial charge in [0, 0.05) is 18.5 Å². The lowest BCUT2D eigenvalue weighted by atomic mass is 10.1. The van der Waals surface area contributed by atoms with Crippen LogP contribution in [-0.2, 0) is 16.4 Å². The molecule has 0 N–H and O–H groups in total. The quantitative estimate of drug-likeness (QED) is 0.781. The zero-order valence-corrected chi connectivity index (χ0v) is 14.8. The molecule has 0 aliphatic heterocycles. The first-order valence-corrected chi connectivity index (χ1v) is 9.88. The van der Waals surface area contributed by atoms with Crippen LogP contribution in [-0.4, -0.2) is 31.7 Å². The average Bonchev–Trinajstić information content (AvgIpc) is 2.81. The molecule has 0 radical (unpaired) electrons. The number of rotatable bonds is 7. The number of fused-ring (bicyclic) bond motifs is 1. The van der Waals surface area contributed by atoms with Crippen LogP contribution in [0.1, 0.15) is 39.3 Å². The Kier molecular flexibility index (Phi) is 5.16. The number of nitrogens with zero attached hydrogens (tertiary/aromatic N) is 2. The number of hydrogen-bond acceptors (Lipinski definition) is 3. The van der Waals surface area contributed by atoms with Crippen molar-refractivity contribution >= 4 is 26.6 Å². The highest BCUT2D eigenvalue weighted by atomic mass is 32.2. The molecule has 22 heavy (non-hydrogen) atoms. The van der Waals surface area contributed by atoms with Crippen molar-refractivity contribution in [2.24, 2.45) is 0 Å². The second kappa shape index (κ2) is 6.73. The summed E-state index contributed by atoms with van der Waals surface area (Å²) in [5.41, 5.74) is 2.80. The highest BCUT2D eigenvalue weighted by molar-refractivity contribution is 7.89. The average molecular weight is 322 g/mol. The summed E-state index contributed by atoms with van der Waals surface area (Å²) in [6.07, 6.45) is 4.11. The molecule has 1 aromatic carbocycles. The van der Waals surface area contributed by atoms with Gasteiger partial charge in [-0.25, -0.2) is 12.4 Å². The molecule has 2 aromatic rings. The lowest BCUT2D eigenvalue weighted by Gasteiger charge is -2.23. The summed E-state index contributed by atoms with van der Waals surface area (Å²) in [6, 6.07) is 7.81. The largest absolute Gasteiger partial charge is 0.370 e. The van der Waals surface area contributed by atoms with Crippen molar-refractivity contribution in [2.75, 3.05) is 24.2 Å². The number of aromatic nitrogens is 1. The Morgan fingerprint density at radius 2 is 1.73 bits per heavy atom. The predicted octanol–water partition coefficient (Wildman–Crippen LogP) is 3.64. The van der Waals surface area contributed by atoms with Crippen molar-refractivity contribution in [3.05, 3.63) is 30.0 Å². The Balaban J connectivity index is 2.85. The van der Waals surface area contributed by atoms with Gasteiger partial charge in [-0.05, 0) is 32.8 Å². The van der Waals surface area contributed by atoms with E-state index in [0.717, 1.165) is 54.6 Å². The van der Waals surface area contributed by atoms with Crippen molar-refractivity contribution in [2.45, 2.75) is 40.0 Å². The van der Waals surface area contributed by atoms with E-state index in [1.165, 1.54) is 6.26 Å². The molecule has 0 unspecified atom stereocenters. The zero-order valence-electron chi connectivity index (χ0n) is 14.0. The van der Waals surface area contributed by atoms with Crippen LogP contribution >= 0.6 is 0 Å². The second-order valence-corrected chi connectivity index (χ2v) is 7.45. The Labute approximate surface area is 133 Å². The van der Waals surface area contributed by atoms with Gasteiger partial charge in [-0.15, -0.1) is 0 Å². The molecule has 0 saturated carbocycles. The van der Waals surface area contributed by atoms with Gasteiger partial charge in [0.2, 0.25) is 10.0 Å². The minimum atomic E-state index is -3.33. The molecule has 0 aliphatic rings. The summed E-state index contributed by atoms with van der Waals surface area (Å²) in [5.74, 6) is 0. The van der Waals surface area contributed by atoms with Crippen molar-refractivity contribution in [1.82, 2.24) is 3.97 Å². The number of anilines is 1. The predicted molar refractivity (Wildman–Crippen MR) is 94.4 cm³/mol. The van der Waals surface area contributed by atoms with Crippen molar-refractivity contribution < 1.29 is 8.42 Å². The highest BCUT2D eigenvalue weighted by Crippen LogP contribution is 2.36. The van der Waals surface area contributed by atoms with Crippen LogP contribution in [0.25, 0.3) is 10.9 Å². The van der Waals surface area contributed by atoms with Crippen LogP contribution in [0.5, 0.6) is 0 Å². The smallest absolute Gasteiger partial charge is 0.236 e. The first-order valence-electron chi connectivity index (χ1n) is 8.03. The van der Waals surface area contributed by atoms with Crippen LogP contribution in [0.2, 0.25) is 0 Å². The summed E-state index contributed by atoms with van der Waals surface area (Å²) in [6.45, 7) is 8.09. The van der Waals surface area contributed by atoms with Gasteiger partial charge < -0.3 is 4.90 Å². The summed E-state index contributed by atoms with van der Waals surface area (Å²) in [5, 5.41) is 1.03. The SMILES string of the molecule is CCCCc1c(N(CC)CC)c2ccccc2n1S(C)(=O)=O. The zero-order chi connectivity index (χ0) is 16.3. The van der Waals surface area contributed by atoms with Crippen molar-refractivity contribution in [3.8, 4) is 0 Å². The third kappa shape index (κ3) is 3.00. The standard InChI is InChI=1S/C17H26N2O2S/c1-5-8-12-16-17(18(6-2)7-3)14-11-9-10-13-15(14)19(16)22(4,20)21/h9-11,13H,5-8,12H2,1-4H3. The van der Waals surface area contributed by atoms with Gasteiger partial charge in [0.15, 0.2) is 0 Å². The van der Waals surface area contributed by atoms with E-state index in [1.807, 2.05) is 24.3 Å². The third-order valence-corrected chi connectivity index (χ3v) is 5.16. The summed E-state index contributed by atoms with van der Waals surface area (Å²) >= 11 is 0. The number of para-hydroxylation sites is 1. The fourth-order valence-electron chi connectivity index (χ4n) is 3.08. The first-order chi connectivity index (χ1) is 10.5. The number of unbranched alkanes of at least 4 members (excludes halogenated alkanes) is 1. The molecule has 0 atom stereocenters. The van der Waals surface area contributed by atoms with Crippen LogP contribution < -0.4 is 4.90 Å². The van der Waals surface area contributed by atoms with E-state index in [-0.39, 0.29) is 0 Å². The highest BCUT2D eigenvalue weighted by Gasteiger charge is 2.24. The molecule has 0 aliphatic carbocycles. The van der Waals surface area contributed by atoms with Gasteiger partial charge in [-0.2, -0.15) is 0 Å². The molecule has 122 valence electrons. The third-order valence-electron chi connectivity index (χ3n) is 4.07.